The third kappa shape index (κ3) is 7.13. The van der Waals surface area contributed by atoms with Crippen molar-refractivity contribution in [2.75, 3.05) is 28.3 Å². The summed E-state index contributed by atoms with van der Waals surface area (Å²) in [6, 6.07) is 0. The van der Waals surface area contributed by atoms with Crippen molar-refractivity contribution in [3.05, 3.63) is 0 Å². The van der Waals surface area contributed by atoms with Crippen LogP contribution in [0.4, 0.5) is 0 Å². The second-order valence-electron chi connectivity index (χ2n) is 10.6. The van der Waals surface area contributed by atoms with Crippen LogP contribution in [-0.2, 0) is 28.1 Å². The smallest absolute Gasteiger partial charge is 0.276 e. The minimum Gasteiger partial charge on any atom is -0.402 e. The van der Waals surface area contributed by atoms with Gasteiger partial charge in [-0.2, -0.15) is 0 Å². The molecular formula is C20H44N2O6Si2. The largest absolute Gasteiger partial charge is 0.402 e. The molecule has 0 rings (SSSR count). The molecule has 10 heteroatoms. The summed E-state index contributed by atoms with van der Waals surface area (Å²) >= 11 is 0. The van der Waals surface area contributed by atoms with Gasteiger partial charge in [0.15, 0.2) is 28.8 Å². The van der Waals surface area contributed by atoms with Gasteiger partial charge >= 0.3 is 0 Å². The molecule has 30 heavy (non-hydrogen) atoms. The number of hydrogen-bond donors (Lipinski definition) is 0. The first kappa shape index (κ1) is 29.2. The molecular weight excluding hydrogens is 420 g/mol. The Bertz CT molecular complexity index is 547. The molecule has 0 aromatic rings. The maximum atomic E-state index is 13.3. The van der Waals surface area contributed by atoms with Crippen LogP contribution in [0.15, 0.2) is 0 Å². The summed E-state index contributed by atoms with van der Waals surface area (Å²) in [5.74, 6) is -0.937. The van der Waals surface area contributed by atoms with Gasteiger partial charge in [0.05, 0.1) is 14.2 Å². The molecule has 0 aliphatic rings. The lowest BCUT2D eigenvalue weighted by atomic mass is 10.2. The van der Waals surface area contributed by atoms with E-state index < -0.39 is 40.7 Å². The minimum absolute atomic E-state index is 0.172. The van der Waals surface area contributed by atoms with Crippen molar-refractivity contribution in [1.29, 1.82) is 0 Å². The van der Waals surface area contributed by atoms with Crippen molar-refractivity contribution >= 4 is 28.4 Å². The number of amides is 2. The lowest BCUT2D eigenvalue weighted by Gasteiger charge is -2.44. The van der Waals surface area contributed by atoms with Crippen LogP contribution in [0.1, 0.15) is 41.5 Å². The predicted molar refractivity (Wildman–Crippen MR) is 124 cm³/mol. The number of rotatable bonds is 9. The van der Waals surface area contributed by atoms with E-state index in [9.17, 15) is 9.59 Å². The molecule has 0 spiro atoms. The average molecular weight is 465 g/mol. The third-order valence-corrected chi connectivity index (χ3v) is 15.3. The Balaban J connectivity index is 6.51. The molecule has 0 radical (unpaired) electrons. The van der Waals surface area contributed by atoms with E-state index in [1.54, 1.807) is 0 Å². The first-order valence-electron chi connectivity index (χ1n) is 10.2. The van der Waals surface area contributed by atoms with Gasteiger partial charge in [-0.05, 0) is 36.3 Å². The maximum absolute atomic E-state index is 13.3. The number of nitrogens with zero attached hydrogens (tertiary/aromatic N) is 2. The number of hydroxylamine groups is 4. The topological polar surface area (TPSA) is 77.5 Å². The van der Waals surface area contributed by atoms with Crippen molar-refractivity contribution < 1.29 is 28.1 Å². The van der Waals surface area contributed by atoms with Crippen LogP contribution >= 0.6 is 0 Å². The van der Waals surface area contributed by atoms with Crippen LogP contribution in [0.5, 0.6) is 0 Å². The second-order valence-corrected chi connectivity index (χ2v) is 20.1. The Hall–Kier alpha value is -0.786. The fourth-order valence-corrected chi connectivity index (χ4v) is 4.44. The molecule has 0 saturated heterocycles. The zero-order chi connectivity index (χ0) is 24.3. The average Bonchev–Trinajstić information content (AvgIpc) is 2.59. The standard InChI is InChI=1S/C20H44N2O6Si2/c1-19(2,3)29(11,12)27-15(17(23)21(7)25-9)16(18(24)22(8)26-10)28-30(13,14)20(4,5)6/h15-16H,1-14H3/t15-,16-/m1/s1. The first-order chi connectivity index (χ1) is 13.2. The molecule has 0 aromatic carbocycles. The molecule has 0 fully saturated rings. The highest BCUT2D eigenvalue weighted by Gasteiger charge is 2.50. The van der Waals surface area contributed by atoms with E-state index in [1.165, 1.54) is 28.3 Å². The van der Waals surface area contributed by atoms with Crippen LogP contribution in [0.3, 0.4) is 0 Å². The summed E-state index contributed by atoms with van der Waals surface area (Å²) in [5.41, 5.74) is 0. The second kappa shape index (κ2) is 10.2. The lowest BCUT2D eigenvalue weighted by Crippen LogP contribution is -2.60. The zero-order valence-electron chi connectivity index (χ0n) is 21.5. The Labute approximate surface area is 185 Å². The van der Waals surface area contributed by atoms with Gasteiger partial charge in [0.2, 0.25) is 0 Å². The van der Waals surface area contributed by atoms with E-state index in [-0.39, 0.29) is 10.1 Å². The van der Waals surface area contributed by atoms with Gasteiger partial charge < -0.3 is 8.85 Å². The van der Waals surface area contributed by atoms with Crippen molar-refractivity contribution in [1.82, 2.24) is 10.1 Å². The first-order valence-corrected chi connectivity index (χ1v) is 16.0. The normalized spacial score (nSPS) is 15.5. The van der Waals surface area contributed by atoms with E-state index in [4.69, 9.17) is 18.5 Å². The zero-order valence-corrected chi connectivity index (χ0v) is 23.5. The Morgan fingerprint density at radius 3 is 1.07 bits per heavy atom. The van der Waals surface area contributed by atoms with Crippen LogP contribution < -0.4 is 0 Å². The molecule has 0 unspecified atom stereocenters. The van der Waals surface area contributed by atoms with Crippen LogP contribution in [0, 0.1) is 0 Å². The summed E-state index contributed by atoms with van der Waals surface area (Å²) in [4.78, 5) is 36.8. The summed E-state index contributed by atoms with van der Waals surface area (Å²) in [7, 11) is 0.904. The van der Waals surface area contributed by atoms with Crippen molar-refractivity contribution in [3.8, 4) is 0 Å². The molecule has 2 amide bonds. The lowest BCUT2D eigenvalue weighted by molar-refractivity contribution is -0.193. The SMILES string of the molecule is CON(C)C(=O)[C@H](O[Si](C)(C)C(C)(C)C)[C@@H](O[Si](C)(C)C(C)(C)C)C(=O)N(C)OC. The van der Waals surface area contributed by atoms with Crippen molar-refractivity contribution in [2.24, 2.45) is 0 Å². The molecule has 2 atom stereocenters. The molecule has 178 valence electrons. The molecule has 0 N–H and O–H groups in total. The van der Waals surface area contributed by atoms with Gasteiger partial charge in [0.1, 0.15) is 0 Å². The van der Waals surface area contributed by atoms with Crippen LogP contribution in [-0.4, -0.2) is 79.1 Å². The van der Waals surface area contributed by atoms with Crippen LogP contribution in [0.25, 0.3) is 0 Å². The Morgan fingerprint density at radius 1 is 0.667 bits per heavy atom. The Morgan fingerprint density at radius 2 is 0.900 bits per heavy atom. The van der Waals surface area contributed by atoms with Gasteiger partial charge in [0.25, 0.3) is 11.8 Å². The maximum Gasteiger partial charge on any atom is 0.276 e. The summed E-state index contributed by atoms with van der Waals surface area (Å²) in [5, 5.41) is 1.82. The molecule has 0 bridgehead atoms. The molecule has 0 aliphatic heterocycles. The minimum atomic E-state index is -2.44. The van der Waals surface area contributed by atoms with Gasteiger partial charge in [-0.15, -0.1) is 0 Å². The summed E-state index contributed by atoms with van der Waals surface area (Å²) in [6.07, 6.45) is -2.31. The van der Waals surface area contributed by atoms with Gasteiger partial charge in [-0.25, -0.2) is 10.1 Å². The van der Waals surface area contributed by atoms with Crippen molar-refractivity contribution in [2.45, 2.75) is 90.0 Å². The number of carbonyl (C=O) groups is 2. The van der Waals surface area contributed by atoms with E-state index >= 15 is 0 Å². The van der Waals surface area contributed by atoms with Gasteiger partial charge in [0, 0.05) is 14.1 Å². The summed E-state index contributed by atoms with van der Waals surface area (Å²) in [6.45, 7) is 20.6. The quantitative estimate of drug-likeness (QED) is 0.381. The predicted octanol–water partition coefficient (Wildman–Crippen LogP) is 3.81. The fourth-order valence-electron chi connectivity index (χ4n) is 2.01. The highest BCUT2D eigenvalue weighted by Crippen LogP contribution is 2.41. The van der Waals surface area contributed by atoms with E-state index in [0.29, 0.717) is 0 Å². The fraction of sp³-hybridized carbons (Fsp3) is 0.900. The van der Waals surface area contributed by atoms with E-state index in [0.717, 1.165) is 10.1 Å². The molecule has 0 saturated carbocycles. The van der Waals surface area contributed by atoms with Crippen LogP contribution in [0.2, 0.25) is 36.3 Å². The third-order valence-electron chi connectivity index (χ3n) is 6.39. The highest BCUT2D eigenvalue weighted by atomic mass is 28.4. The Kier molecular flexibility index (Phi) is 9.95. The van der Waals surface area contributed by atoms with E-state index in [1.807, 2.05) is 26.2 Å². The van der Waals surface area contributed by atoms with Gasteiger partial charge in [-0.1, -0.05) is 41.5 Å². The monoisotopic (exact) mass is 464 g/mol. The van der Waals surface area contributed by atoms with E-state index in [2.05, 4.69) is 41.5 Å². The number of hydrogen-bond acceptors (Lipinski definition) is 6. The van der Waals surface area contributed by atoms with Crippen molar-refractivity contribution in [3.63, 3.8) is 0 Å². The molecule has 0 aliphatic carbocycles. The molecule has 8 nitrogen and oxygen atoms in total. The molecule has 0 aromatic heterocycles. The number of carbonyl (C=O) groups excluding carboxylic acids is 2. The highest BCUT2D eigenvalue weighted by molar-refractivity contribution is 6.75. The summed E-state index contributed by atoms with van der Waals surface area (Å²) < 4.78 is 13.0. The molecule has 0 heterocycles. The van der Waals surface area contributed by atoms with Gasteiger partial charge in [-0.3, -0.25) is 19.3 Å². The number of likely N-dealkylation sites (N-methyl/N-ethyl adjacent to an activating group) is 2.